The second-order valence-corrected chi connectivity index (χ2v) is 6.20. The van der Waals surface area contributed by atoms with Crippen molar-refractivity contribution in [3.8, 4) is 5.75 Å². The molecule has 0 spiro atoms. The van der Waals surface area contributed by atoms with E-state index in [2.05, 4.69) is 25.2 Å². The molecule has 4 heteroatoms. The van der Waals surface area contributed by atoms with Gasteiger partial charge in [-0.25, -0.2) is 0 Å². The Kier molecular flexibility index (Phi) is 7.35. The van der Waals surface area contributed by atoms with Crippen molar-refractivity contribution in [2.75, 3.05) is 33.9 Å². The number of methoxy groups -OCH3 is 2. The summed E-state index contributed by atoms with van der Waals surface area (Å²) in [5.74, 6) is 0.805. The number of nitrogens with one attached hydrogen (secondary N) is 1. The van der Waals surface area contributed by atoms with Gasteiger partial charge in [-0.15, -0.1) is 0 Å². The molecule has 0 bridgehead atoms. The molecule has 1 N–H and O–H groups in total. The second-order valence-electron chi connectivity index (χ2n) is 5.79. The minimum absolute atomic E-state index is 0.233. The zero-order valence-electron chi connectivity index (χ0n) is 13.0. The van der Waals surface area contributed by atoms with E-state index in [1.54, 1.807) is 14.2 Å². The molecule has 1 aromatic rings. The SMILES string of the molecule is COCCNCC(C)(C)CCc1ccc(OC)cc1Cl. The Morgan fingerprint density at radius 2 is 2.00 bits per heavy atom. The number of aryl methyl sites for hydroxylation is 1. The Morgan fingerprint density at radius 1 is 1.25 bits per heavy atom. The number of ether oxygens (including phenoxy) is 2. The first-order chi connectivity index (χ1) is 9.48. The Morgan fingerprint density at radius 3 is 2.60 bits per heavy atom. The molecule has 3 nitrogen and oxygen atoms in total. The highest BCUT2D eigenvalue weighted by Crippen LogP contribution is 2.27. The highest BCUT2D eigenvalue weighted by atomic mass is 35.5. The highest BCUT2D eigenvalue weighted by Gasteiger charge is 2.17. The van der Waals surface area contributed by atoms with Gasteiger partial charge in [-0.2, -0.15) is 0 Å². The van der Waals surface area contributed by atoms with Crippen molar-refractivity contribution in [1.82, 2.24) is 5.32 Å². The first-order valence-electron chi connectivity index (χ1n) is 7.00. The molecular formula is C16H26ClNO2. The minimum atomic E-state index is 0.233. The summed E-state index contributed by atoms with van der Waals surface area (Å²) in [4.78, 5) is 0. The van der Waals surface area contributed by atoms with Crippen molar-refractivity contribution in [3.05, 3.63) is 28.8 Å². The van der Waals surface area contributed by atoms with E-state index in [9.17, 15) is 0 Å². The lowest BCUT2D eigenvalue weighted by Gasteiger charge is -2.25. The Hall–Kier alpha value is -0.770. The Bertz CT molecular complexity index is 407. The lowest BCUT2D eigenvalue weighted by atomic mass is 9.86. The van der Waals surface area contributed by atoms with Gasteiger partial charge in [0, 0.05) is 25.2 Å². The van der Waals surface area contributed by atoms with Gasteiger partial charge in [0.2, 0.25) is 0 Å². The molecule has 0 radical (unpaired) electrons. The van der Waals surface area contributed by atoms with Crippen molar-refractivity contribution < 1.29 is 9.47 Å². The van der Waals surface area contributed by atoms with Gasteiger partial charge in [-0.3, -0.25) is 0 Å². The standard InChI is InChI=1S/C16H26ClNO2/c1-16(2,12-18-9-10-19-3)8-7-13-5-6-14(20-4)11-15(13)17/h5-6,11,18H,7-10,12H2,1-4H3. The molecule has 0 saturated carbocycles. The van der Waals surface area contributed by atoms with E-state index in [4.69, 9.17) is 21.1 Å². The van der Waals surface area contributed by atoms with Crippen LogP contribution in [0.4, 0.5) is 0 Å². The van der Waals surface area contributed by atoms with Gasteiger partial charge in [0.1, 0.15) is 5.75 Å². The van der Waals surface area contributed by atoms with Gasteiger partial charge in [-0.1, -0.05) is 31.5 Å². The average Bonchev–Trinajstić information content (AvgIpc) is 2.42. The maximum absolute atomic E-state index is 6.27. The Labute approximate surface area is 127 Å². The van der Waals surface area contributed by atoms with Crippen LogP contribution in [0.1, 0.15) is 25.8 Å². The first-order valence-corrected chi connectivity index (χ1v) is 7.38. The van der Waals surface area contributed by atoms with E-state index in [1.165, 1.54) is 5.56 Å². The lowest BCUT2D eigenvalue weighted by Crippen LogP contribution is -2.32. The predicted octanol–water partition coefficient (Wildman–Crippen LogP) is 3.54. The van der Waals surface area contributed by atoms with Gasteiger partial charge in [0.15, 0.2) is 0 Å². The monoisotopic (exact) mass is 299 g/mol. The van der Waals surface area contributed by atoms with Gasteiger partial charge in [0.05, 0.1) is 13.7 Å². The summed E-state index contributed by atoms with van der Waals surface area (Å²) >= 11 is 6.27. The van der Waals surface area contributed by atoms with Crippen LogP contribution in [0.3, 0.4) is 0 Å². The smallest absolute Gasteiger partial charge is 0.120 e. The van der Waals surface area contributed by atoms with Crippen LogP contribution in [0.2, 0.25) is 5.02 Å². The first kappa shape index (κ1) is 17.3. The maximum atomic E-state index is 6.27. The molecule has 0 heterocycles. The molecule has 0 amide bonds. The molecule has 0 unspecified atom stereocenters. The second kappa shape index (κ2) is 8.50. The molecule has 0 aliphatic heterocycles. The number of rotatable bonds is 9. The molecule has 0 aliphatic carbocycles. The molecule has 1 rings (SSSR count). The van der Waals surface area contributed by atoms with Crippen molar-refractivity contribution in [1.29, 1.82) is 0 Å². The van der Waals surface area contributed by atoms with Crippen LogP contribution in [0.25, 0.3) is 0 Å². The van der Waals surface area contributed by atoms with Gasteiger partial charge < -0.3 is 14.8 Å². The quantitative estimate of drug-likeness (QED) is 0.708. The van der Waals surface area contributed by atoms with Crippen LogP contribution in [-0.4, -0.2) is 33.9 Å². The zero-order valence-corrected chi connectivity index (χ0v) is 13.7. The fraction of sp³-hybridized carbons (Fsp3) is 0.625. The summed E-state index contributed by atoms with van der Waals surface area (Å²) in [5.41, 5.74) is 1.41. The average molecular weight is 300 g/mol. The van der Waals surface area contributed by atoms with Crippen molar-refractivity contribution in [2.24, 2.45) is 5.41 Å². The van der Waals surface area contributed by atoms with Crippen molar-refractivity contribution in [2.45, 2.75) is 26.7 Å². The van der Waals surface area contributed by atoms with E-state index in [0.29, 0.717) is 0 Å². The fourth-order valence-electron chi connectivity index (χ4n) is 2.02. The number of hydrogen-bond acceptors (Lipinski definition) is 3. The summed E-state index contributed by atoms with van der Waals surface area (Å²) in [6.07, 6.45) is 2.06. The molecule has 0 aromatic heterocycles. The van der Waals surface area contributed by atoms with Gasteiger partial charge in [-0.05, 0) is 36.0 Å². The third-order valence-corrected chi connectivity index (χ3v) is 3.77. The summed E-state index contributed by atoms with van der Waals surface area (Å²) in [6, 6.07) is 5.89. The number of hydrogen-bond donors (Lipinski definition) is 1. The van der Waals surface area contributed by atoms with Gasteiger partial charge in [0.25, 0.3) is 0 Å². The van der Waals surface area contributed by atoms with E-state index in [0.717, 1.165) is 43.3 Å². The van der Waals surface area contributed by atoms with Crippen LogP contribution in [0.5, 0.6) is 5.75 Å². The molecule has 1 aromatic carbocycles. The van der Waals surface area contributed by atoms with Crippen LogP contribution in [-0.2, 0) is 11.2 Å². The molecule has 0 atom stereocenters. The number of halogens is 1. The van der Waals surface area contributed by atoms with Gasteiger partial charge >= 0.3 is 0 Å². The summed E-state index contributed by atoms with van der Waals surface area (Å²) in [5, 5.41) is 4.20. The third kappa shape index (κ3) is 6.12. The van der Waals surface area contributed by atoms with E-state index >= 15 is 0 Å². The molecular weight excluding hydrogens is 274 g/mol. The van der Waals surface area contributed by atoms with E-state index in [-0.39, 0.29) is 5.41 Å². The van der Waals surface area contributed by atoms with Crippen LogP contribution >= 0.6 is 11.6 Å². The normalized spacial score (nSPS) is 11.7. The molecule has 0 fully saturated rings. The third-order valence-electron chi connectivity index (χ3n) is 3.42. The minimum Gasteiger partial charge on any atom is -0.497 e. The lowest BCUT2D eigenvalue weighted by molar-refractivity contribution is 0.193. The summed E-state index contributed by atoms with van der Waals surface area (Å²) in [6.45, 7) is 7.15. The van der Waals surface area contributed by atoms with E-state index in [1.807, 2.05) is 12.1 Å². The molecule has 20 heavy (non-hydrogen) atoms. The van der Waals surface area contributed by atoms with Crippen molar-refractivity contribution in [3.63, 3.8) is 0 Å². The predicted molar refractivity (Wildman–Crippen MR) is 84.9 cm³/mol. The zero-order chi connectivity index (χ0) is 15.0. The topological polar surface area (TPSA) is 30.5 Å². The number of benzene rings is 1. The highest BCUT2D eigenvalue weighted by molar-refractivity contribution is 6.31. The van der Waals surface area contributed by atoms with Crippen LogP contribution in [0, 0.1) is 5.41 Å². The van der Waals surface area contributed by atoms with Crippen molar-refractivity contribution >= 4 is 11.6 Å². The largest absolute Gasteiger partial charge is 0.497 e. The maximum Gasteiger partial charge on any atom is 0.120 e. The van der Waals surface area contributed by atoms with Crippen LogP contribution < -0.4 is 10.1 Å². The summed E-state index contributed by atoms with van der Waals surface area (Å²) < 4.78 is 10.2. The molecule has 0 saturated heterocycles. The fourth-order valence-corrected chi connectivity index (χ4v) is 2.29. The molecule has 0 aliphatic rings. The van der Waals surface area contributed by atoms with Crippen LogP contribution in [0.15, 0.2) is 18.2 Å². The van der Waals surface area contributed by atoms with E-state index < -0.39 is 0 Å². The Balaban J connectivity index is 2.44. The molecule has 114 valence electrons. The summed E-state index contributed by atoms with van der Waals surface area (Å²) in [7, 11) is 3.37.